The first-order chi connectivity index (χ1) is 10.5. The number of amides is 2. The van der Waals surface area contributed by atoms with E-state index in [4.69, 9.17) is 0 Å². The molecule has 1 aromatic heterocycles. The van der Waals surface area contributed by atoms with E-state index in [1.54, 1.807) is 6.07 Å². The molecule has 2 heterocycles. The zero-order chi connectivity index (χ0) is 15.7. The molecule has 0 saturated carbocycles. The lowest BCUT2D eigenvalue weighted by Crippen LogP contribution is -2.45. The first kappa shape index (κ1) is 14.6. The summed E-state index contributed by atoms with van der Waals surface area (Å²) in [6.45, 7) is 2.81. The second kappa shape index (κ2) is 5.81. The van der Waals surface area contributed by atoms with Crippen LogP contribution in [0.4, 0.5) is 5.69 Å². The molecule has 2 aromatic rings. The van der Waals surface area contributed by atoms with Gasteiger partial charge in [-0.1, -0.05) is 0 Å². The molecule has 22 heavy (non-hydrogen) atoms. The number of aromatic nitrogens is 1. The van der Waals surface area contributed by atoms with E-state index in [0.717, 1.165) is 16.6 Å². The molecule has 0 atom stereocenters. The van der Waals surface area contributed by atoms with Gasteiger partial charge in [0.05, 0.1) is 6.10 Å². The Balaban J connectivity index is 1.68. The van der Waals surface area contributed by atoms with Gasteiger partial charge in [0, 0.05) is 35.4 Å². The fraction of sp³-hybridized carbons (Fsp3) is 0.375. The summed E-state index contributed by atoms with van der Waals surface area (Å²) in [5.74, 6) is -1.18. The maximum absolute atomic E-state index is 12.1. The molecular weight excluding hydrogens is 282 g/mol. The second-order valence-electron chi connectivity index (χ2n) is 5.73. The topological polar surface area (TPSA) is 85.4 Å². The van der Waals surface area contributed by atoms with E-state index >= 15 is 0 Å². The summed E-state index contributed by atoms with van der Waals surface area (Å²) in [5, 5.41) is 13.1. The summed E-state index contributed by atoms with van der Waals surface area (Å²) in [7, 11) is 0. The number of benzene rings is 1. The monoisotopic (exact) mass is 301 g/mol. The van der Waals surface area contributed by atoms with Crippen LogP contribution >= 0.6 is 0 Å². The van der Waals surface area contributed by atoms with Gasteiger partial charge in [0.1, 0.15) is 0 Å². The highest BCUT2D eigenvalue weighted by Crippen LogP contribution is 2.20. The van der Waals surface area contributed by atoms with E-state index in [-0.39, 0.29) is 6.10 Å². The molecule has 0 bridgehead atoms. The number of carbonyl (C=O) groups is 2. The van der Waals surface area contributed by atoms with E-state index < -0.39 is 11.8 Å². The number of aliphatic hydroxyl groups is 1. The first-order valence-corrected chi connectivity index (χ1v) is 7.40. The summed E-state index contributed by atoms with van der Waals surface area (Å²) in [4.78, 5) is 28.9. The van der Waals surface area contributed by atoms with Gasteiger partial charge in [0.15, 0.2) is 0 Å². The maximum atomic E-state index is 12.1. The highest BCUT2D eigenvalue weighted by atomic mass is 16.3. The fourth-order valence-corrected chi connectivity index (χ4v) is 2.75. The van der Waals surface area contributed by atoms with Gasteiger partial charge in [-0.3, -0.25) is 9.59 Å². The Morgan fingerprint density at radius 3 is 2.73 bits per heavy atom. The number of rotatable bonds is 1. The van der Waals surface area contributed by atoms with Crippen molar-refractivity contribution in [3.63, 3.8) is 0 Å². The number of fused-ring (bicyclic) bond motifs is 1. The predicted octanol–water partition coefficient (Wildman–Crippen LogP) is 1.40. The van der Waals surface area contributed by atoms with Crippen LogP contribution in [0.25, 0.3) is 10.9 Å². The molecule has 2 amide bonds. The van der Waals surface area contributed by atoms with Crippen LogP contribution in [-0.4, -0.2) is 46.0 Å². The molecule has 6 heteroatoms. The third-order valence-corrected chi connectivity index (χ3v) is 3.96. The largest absolute Gasteiger partial charge is 0.393 e. The zero-order valence-electron chi connectivity index (χ0n) is 12.4. The van der Waals surface area contributed by atoms with Gasteiger partial charge in [-0.25, -0.2) is 0 Å². The van der Waals surface area contributed by atoms with Crippen LogP contribution < -0.4 is 5.32 Å². The van der Waals surface area contributed by atoms with Crippen molar-refractivity contribution >= 4 is 28.4 Å². The molecule has 6 nitrogen and oxygen atoms in total. The quantitative estimate of drug-likeness (QED) is 0.696. The predicted molar refractivity (Wildman–Crippen MR) is 83.5 cm³/mol. The smallest absolute Gasteiger partial charge is 0.313 e. The number of carbonyl (C=O) groups excluding carboxylic acids is 2. The summed E-state index contributed by atoms with van der Waals surface area (Å²) in [6, 6.07) is 7.46. The van der Waals surface area contributed by atoms with Crippen LogP contribution in [0.2, 0.25) is 0 Å². The first-order valence-electron chi connectivity index (χ1n) is 7.40. The van der Waals surface area contributed by atoms with Gasteiger partial charge in [0.25, 0.3) is 0 Å². The SMILES string of the molecule is Cc1cc2cc(NC(=O)C(=O)N3CCC(O)CC3)ccc2[nH]1. The van der Waals surface area contributed by atoms with E-state index in [1.807, 2.05) is 25.1 Å². The molecule has 1 aromatic carbocycles. The average molecular weight is 301 g/mol. The molecule has 1 fully saturated rings. The van der Waals surface area contributed by atoms with Crippen molar-refractivity contribution in [3.8, 4) is 0 Å². The van der Waals surface area contributed by atoms with Crippen molar-refractivity contribution in [2.75, 3.05) is 18.4 Å². The van der Waals surface area contributed by atoms with Crippen LogP contribution in [0.5, 0.6) is 0 Å². The number of anilines is 1. The third kappa shape index (κ3) is 2.96. The van der Waals surface area contributed by atoms with Crippen LogP contribution in [0, 0.1) is 6.92 Å². The Morgan fingerprint density at radius 2 is 2.00 bits per heavy atom. The highest BCUT2D eigenvalue weighted by Gasteiger charge is 2.26. The van der Waals surface area contributed by atoms with E-state index in [2.05, 4.69) is 10.3 Å². The number of nitrogens with one attached hydrogen (secondary N) is 2. The minimum Gasteiger partial charge on any atom is -0.393 e. The van der Waals surface area contributed by atoms with Gasteiger partial charge in [-0.2, -0.15) is 0 Å². The van der Waals surface area contributed by atoms with Gasteiger partial charge in [-0.15, -0.1) is 0 Å². The molecule has 0 unspecified atom stereocenters. The standard InChI is InChI=1S/C16H19N3O3/c1-10-8-11-9-12(2-3-14(11)17-10)18-15(21)16(22)19-6-4-13(20)5-7-19/h2-3,8-9,13,17,20H,4-7H2,1H3,(H,18,21). The van der Waals surface area contributed by atoms with E-state index in [0.29, 0.717) is 31.6 Å². The number of piperidine rings is 1. The Kier molecular flexibility index (Phi) is 3.85. The van der Waals surface area contributed by atoms with Gasteiger partial charge in [-0.05, 0) is 44.0 Å². The highest BCUT2D eigenvalue weighted by molar-refractivity contribution is 6.39. The fourth-order valence-electron chi connectivity index (χ4n) is 2.75. The summed E-state index contributed by atoms with van der Waals surface area (Å²) in [6.07, 6.45) is 0.674. The molecule has 0 radical (unpaired) electrons. The zero-order valence-corrected chi connectivity index (χ0v) is 12.4. The Hall–Kier alpha value is -2.34. The molecule has 3 N–H and O–H groups in total. The lowest BCUT2D eigenvalue weighted by Gasteiger charge is -2.28. The van der Waals surface area contributed by atoms with E-state index in [1.165, 1.54) is 4.90 Å². The summed E-state index contributed by atoms with van der Waals surface area (Å²) < 4.78 is 0. The molecule has 3 rings (SSSR count). The Bertz CT molecular complexity index is 714. The molecule has 116 valence electrons. The minimum absolute atomic E-state index is 0.369. The molecule has 1 aliphatic rings. The van der Waals surface area contributed by atoms with E-state index in [9.17, 15) is 14.7 Å². The number of H-pyrrole nitrogens is 1. The lowest BCUT2D eigenvalue weighted by atomic mass is 10.1. The maximum Gasteiger partial charge on any atom is 0.313 e. The molecule has 0 aliphatic carbocycles. The lowest BCUT2D eigenvalue weighted by molar-refractivity contribution is -0.144. The van der Waals surface area contributed by atoms with Crippen molar-refractivity contribution < 1.29 is 14.7 Å². The molecule has 1 aliphatic heterocycles. The van der Waals surface area contributed by atoms with Crippen LogP contribution in [0.3, 0.4) is 0 Å². The second-order valence-corrected chi connectivity index (χ2v) is 5.73. The number of nitrogens with zero attached hydrogens (tertiary/aromatic N) is 1. The number of hydrogen-bond donors (Lipinski definition) is 3. The minimum atomic E-state index is -0.636. The number of aromatic amines is 1. The van der Waals surface area contributed by atoms with Crippen LogP contribution in [-0.2, 0) is 9.59 Å². The van der Waals surface area contributed by atoms with Crippen molar-refractivity contribution in [2.24, 2.45) is 0 Å². The summed E-state index contributed by atoms with van der Waals surface area (Å²) in [5.41, 5.74) is 2.63. The van der Waals surface area contributed by atoms with Crippen molar-refractivity contribution in [1.29, 1.82) is 0 Å². The third-order valence-electron chi connectivity index (χ3n) is 3.96. The van der Waals surface area contributed by atoms with Crippen LogP contribution in [0.15, 0.2) is 24.3 Å². The normalized spacial score (nSPS) is 16.0. The Morgan fingerprint density at radius 1 is 1.27 bits per heavy atom. The molecule has 1 saturated heterocycles. The number of hydrogen-bond acceptors (Lipinski definition) is 3. The van der Waals surface area contributed by atoms with Crippen molar-refractivity contribution in [3.05, 3.63) is 30.0 Å². The van der Waals surface area contributed by atoms with Gasteiger partial charge < -0.3 is 20.3 Å². The molecular formula is C16H19N3O3. The number of likely N-dealkylation sites (tertiary alicyclic amines) is 1. The van der Waals surface area contributed by atoms with Crippen LogP contribution in [0.1, 0.15) is 18.5 Å². The molecule has 0 spiro atoms. The Labute approximate surface area is 128 Å². The van der Waals surface area contributed by atoms with Crippen molar-refractivity contribution in [1.82, 2.24) is 9.88 Å². The summed E-state index contributed by atoms with van der Waals surface area (Å²) >= 11 is 0. The number of aryl methyl sites for hydroxylation is 1. The average Bonchev–Trinajstić information content (AvgIpc) is 2.86. The van der Waals surface area contributed by atoms with Gasteiger partial charge in [0.2, 0.25) is 0 Å². The van der Waals surface area contributed by atoms with Gasteiger partial charge >= 0.3 is 11.8 Å². The van der Waals surface area contributed by atoms with Crippen molar-refractivity contribution in [2.45, 2.75) is 25.9 Å². The number of aliphatic hydroxyl groups excluding tert-OH is 1.